The molecule has 0 saturated carbocycles. The summed E-state index contributed by atoms with van der Waals surface area (Å²) in [6.07, 6.45) is 4.39. The van der Waals surface area contributed by atoms with Crippen LogP contribution in [-0.4, -0.2) is 27.4 Å². The summed E-state index contributed by atoms with van der Waals surface area (Å²) >= 11 is 0. The van der Waals surface area contributed by atoms with E-state index < -0.39 is 5.91 Å². The monoisotopic (exact) mass is 296 g/mol. The van der Waals surface area contributed by atoms with Crippen LogP contribution < -0.4 is 15.6 Å². The maximum absolute atomic E-state index is 12.3. The van der Waals surface area contributed by atoms with Gasteiger partial charge >= 0.3 is 0 Å². The van der Waals surface area contributed by atoms with Crippen LogP contribution in [0.5, 0.6) is 5.88 Å². The van der Waals surface area contributed by atoms with Crippen molar-refractivity contribution in [2.45, 2.75) is 0 Å². The summed E-state index contributed by atoms with van der Waals surface area (Å²) in [6, 6.07) is 8.23. The molecule has 3 heterocycles. The average molecular weight is 296 g/mol. The van der Waals surface area contributed by atoms with E-state index in [2.05, 4.69) is 15.3 Å². The van der Waals surface area contributed by atoms with E-state index in [9.17, 15) is 9.59 Å². The number of nitrogens with zero attached hydrogens (tertiary/aromatic N) is 3. The van der Waals surface area contributed by atoms with E-state index in [0.29, 0.717) is 17.1 Å². The lowest BCUT2D eigenvalue weighted by Gasteiger charge is -2.07. The Labute approximate surface area is 125 Å². The second kappa shape index (κ2) is 5.65. The minimum absolute atomic E-state index is 0.101. The Balaban J connectivity index is 1.94. The number of methoxy groups -OCH3 is 1. The molecule has 0 unspecified atom stereocenters. The lowest BCUT2D eigenvalue weighted by molar-refractivity contribution is 0.102. The van der Waals surface area contributed by atoms with Gasteiger partial charge in [0.15, 0.2) is 0 Å². The average Bonchev–Trinajstić information content (AvgIpc) is 2.57. The maximum Gasteiger partial charge on any atom is 0.281 e. The van der Waals surface area contributed by atoms with Gasteiger partial charge in [0, 0.05) is 24.0 Å². The fourth-order valence-corrected chi connectivity index (χ4v) is 1.97. The highest BCUT2D eigenvalue weighted by Gasteiger charge is 2.11. The first kappa shape index (κ1) is 13.7. The topological polar surface area (TPSA) is 85.6 Å². The molecule has 1 N–H and O–H groups in total. The summed E-state index contributed by atoms with van der Waals surface area (Å²) < 4.78 is 6.33. The molecule has 110 valence electrons. The molecule has 0 spiro atoms. The Morgan fingerprint density at radius 3 is 2.95 bits per heavy atom. The predicted octanol–water partition coefficient (Wildman–Crippen LogP) is 1.35. The fraction of sp³-hybridized carbons (Fsp3) is 0.0667. The van der Waals surface area contributed by atoms with Gasteiger partial charge in [0.1, 0.15) is 11.3 Å². The predicted molar refractivity (Wildman–Crippen MR) is 80.2 cm³/mol. The highest BCUT2D eigenvalue weighted by atomic mass is 16.5. The molecule has 0 aromatic carbocycles. The van der Waals surface area contributed by atoms with Gasteiger partial charge in [-0.05, 0) is 18.2 Å². The van der Waals surface area contributed by atoms with Gasteiger partial charge in [-0.25, -0.2) is 9.97 Å². The molecule has 0 fully saturated rings. The number of fused-ring (bicyclic) bond motifs is 1. The molecule has 3 aromatic rings. The molecule has 3 rings (SSSR count). The molecule has 1 amide bonds. The minimum Gasteiger partial charge on any atom is -0.481 e. The zero-order valence-electron chi connectivity index (χ0n) is 11.7. The third-order valence-corrected chi connectivity index (χ3v) is 3.07. The Bertz CT molecular complexity index is 904. The molecule has 0 aliphatic heterocycles. The van der Waals surface area contributed by atoms with Crippen molar-refractivity contribution in [1.82, 2.24) is 14.4 Å². The van der Waals surface area contributed by atoms with E-state index in [1.165, 1.54) is 36.0 Å². The quantitative estimate of drug-likeness (QED) is 0.788. The van der Waals surface area contributed by atoms with Gasteiger partial charge in [-0.1, -0.05) is 6.07 Å². The molecule has 0 aliphatic rings. The zero-order chi connectivity index (χ0) is 15.5. The van der Waals surface area contributed by atoms with Crippen LogP contribution in [0.3, 0.4) is 0 Å². The lowest BCUT2D eigenvalue weighted by Crippen LogP contribution is -2.23. The van der Waals surface area contributed by atoms with Crippen molar-refractivity contribution < 1.29 is 9.53 Å². The third-order valence-electron chi connectivity index (χ3n) is 3.07. The number of pyridine rings is 2. The number of amides is 1. The summed E-state index contributed by atoms with van der Waals surface area (Å²) in [5.74, 6) is -0.114. The number of ether oxygens (including phenoxy) is 1. The molecule has 22 heavy (non-hydrogen) atoms. The molecule has 0 atom stereocenters. The van der Waals surface area contributed by atoms with Crippen LogP contribution in [0.4, 0.5) is 5.69 Å². The lowest BCUT2D eigenvalue weighted by atomic mass is 10.2. The summed E-state index contributed by atoms with van der Waals surface area (Å²) in [4.78, 5) is 32.5. The van der Waals surface area contributed by atoms with Crippen LogP contribution in [-0.2, 0) is 0 Å². The van der Waals surface area contributed by atoms with E-state index in [0.717, 1.165) is 0 Å². The molecular formula is C15H12N4O3. The largest absolute Gasteiger partial charge is 0.481 e. The fourth-order valence-electron chi connectivity index (χ4n) is 1.97. The van der Waals surface area contributed by atoms with Gasteiger partial charge in [0.25, 0.3) is 11.5 Å². The maximum atomic E-state index is 12.3. The molecule has 7 nitrogen and oxygen atoms in total. The first-order valence-electron chi connectivity index (χ1n) is 6.47. The van der Waals surface area contributed by atoms with E-state index in [-0.39, 0.29) is 11.2 Å². The smallest absolute Gasteiger partial charge is 0.281 e. The van der Waals surface area contributed by atoms with Gasteiger partial charge in [-0.2, -0.15) is 0 Å². The van der Waals surface area contributed by atoms with Crippen LogP contribution in [0.25, 0.3) is 5.65 Å². The van der Waals surface area contributed by atoms with Crippen LogP contribution in [0.2, 0.25) is 0 Å². The number of hydrogen-bond donors (Lipinski definition) is 1. The molecule has 0 bridgehead atoms. The van der Waals surface area contributed by atoms with Crippen LogP contribution in [0, 0.1) is 0 Å². The Morgan fingerprint density at radius 1 is 1.27 bits per heavy atom. The first-order chi connectivity index (χ1) is 10.7. The molecular weight excluding hydrogens is 284 g/mol. The van der Waals surface area contributed by atoms with Crippen molar-refractivity contribution in [2.24, 2.45) is 0 Å². The summed E-state index contributed by atoms with van der Waals surface area (Å²) in [7, 11) is 1.46. The minimum atomic E-state index is -0.435. The molecule has 7 heteroatoms. The number of hydrogen-bond acceptors (Lipinski definition) is 5. The van der Waals surface area contributed by atoms with Crippen molar-refractivity contribution in [3.8, 4) is 5.88 Å². The number of nitrogens with one attached hydrogen (secondary N) is 1. The summed E-state index contributed by atoms with van der Waals surface area (Å²) in [5.41, 5.74) is 0.602. The van der Waals surface area contributed by atoms with E-state index in [1.807, 2.05) is 0 Å². The highest BCUT2D eigenvalue weighted by molar-refractivity contribution is 6.04. The second-order valence-corrected chi connectivity index (χ2v) is 4.45. The Kier molecular flexibility index (Phi) is 3.53. The van der Waals surface area contributed by atoms with Crippen LogP contribution >= 0.6 is 0 Å². The molecule has 0 saturated heterocycles. The van der Waals surface area contributed by atoms with Gasteiger partial charge in [0.2, 0.25) is 5.88 Å². The Hall–Kier alpha value is -3.22. The standard InChI is InChI=1S/C15H12N4O3/c1-22-13-8-10(5-6-16-13)14(20)18-11-9-17-12-4-2-3-7-19(12)15(11)21/h2-9H,1H3,(H,18,20). The molecule has 0 aliphatic carbocycles. The van der Waals surface area contributed by atoms with Crippen molar-refractivity contribution in [1.29, 1.82) is 0 Å². The van der Waals surface area contributed by atoms with E-state index in [1.54, 1.807) is 24.4 Å². The third kappa shape index (κ3) is 2.51. The SMILES string of the molecule is COc1cc(C(=O)Nc2cnc3ccccn3c2=O)ccn1. The van der Waals surface area contributed by atoms with E-state index >= 15 is 0 Å². The van der Waals surface area contributed by atoms with Crippen LogP contribution in [0.1, 0.15) is 10.4 Å². The summed E-state index contributed by atoms with van der Waals surface area (Å²) in [5, 5.41) is 2.55. The van der Waals surface area contributed by atoms with Crippen molar-refractivity contribution >= 4 is 17.2 Å². The van der Waals surface area contributed by atoms with Crippen molar-refractivity contribution in [3.05, 3.63) is 64.8 Å². The van der Waals surface area contributed by atoms with Gasteiger partial charge in [-0.15, -0.1) is 0 Å². The first-order valence-corrected chi connectivity index (χ1v) is 6.47. The normalized spacial score (nSPS) is 10.4. The van der Waals surface area contributed by atoms with Crippen LogP contribution in [0.15, 0.2) is 53.7 Å². The number of aromatic nitrogens is 3. The summed E-state index contributed by atoms with van der Waals surface area (Å²) in [6.45, 7) is 0. The highest BCUT2D eigenvalue weighted by Crippen LogP contribution is 2.10. The van der Waals surface area contributed by atoms with E-state index in [4.69, 9.17) is 4.74 Å². The number of rotatable bonds is 3. The number of carbonyl (C=O) groups is 1. The molecule has 0 radical (unpaired) electrons. The van der Waals surface area contributed by atoms with Crippen molar-refractivity contribution in [3.63, 3.8) is 0 Å². The second-order valence-electron chi connectivity index (χ2n) is 4.45. The number of carbonyl (C=O) groups excluding carboxylic acids is 1. The zero-order valence-corrected chi connectivity index (χ0v) is 11.7. The molecule has 3 aromatic heterocycles. The van der Waals surface area contributed by atoms with Gasteiger partial charge in [-0.3, -0.25) is 14.0 Å². The Morgan fingerprint density at radius 2 is 2.14 bits per heavy atom. The number of anilines is 1. The van der Waals surface area contributed by atoms with Crippen molar-refractivity contribution in [2.75, 3.05) is 12.4 Å². The van der Waals surface area contributed by atoms with Gasteiger partial charge < -0.3 is 10.1 Å². The van der Waals surface area contributed by atoms with Gasteiger partial charge in [0.05, 0.1) is 13.3 Å².